The SMILES string of the molecule is O=[N+]([O-])c1cnc(NCCc2ccc(O)cc2)c(Br)c1. The van der Waals surface area contributed by atoms with Crippen molar-refractivity contribution in [2.75, 3.05) is 11.9 Å². The van der Waals surface area contributed by atoms with E-state index in [1.54, 1.807) is 12.1 Å². The van der Waals surface area contributed by atoms with Crippen molar-refractivity contribution in [2.24, 2.45) is 0 Å². The third-order valence-corrected chi connectivity index (χ3v) is 3.28. The molecule has 6 nitrogen and oxygen atoms in total. The van der Waals surface area contributed by atoms with Gasteiger partial charge < -0.3 is 10.4 Å². The van der Waals surface area contributed by atoms with Gasteiger partial charge in [-0.3, -0.25) is 10.1 Å². The van der Waals surface area contributed by atoms with Crippen LogP contribution in [0.1, 0.15) is 5.56 Å². The van der Waals surface area contributed by atoms with Gasteiger partial charge in [-0.05, 0) is 40.0 Å². The van der Waals surface area contributed by atoms with Crippen LogP contribution in [0.5, 0.6) is 5.75 Å². The first-order valence-corrected chi connectivity index (χ1v) is 6.67. The molecule has 0 amide bonds. The van der Waals surface area contributed by atoms with Crippen molar-refractivity contribution in [1.82, 2.24) is 4.98 Å². The Balaban J connectivity index is 1.94. The molecule has 2 rings (SSSR count). The van der Waals surface area contributed by atoms with E-state index in [2.05, 4.69) is 26.2 Å². The summed E-state index contributed by atoms with van der Waals surface area (Å²) in [5, 5.41) is 22.9. The number of benzene rings is 1. The maximum Gasteiger partial charge on any atom is 0.288 e. The van der Waals surface area contributed by atoms with Gasteiger partial charge in [-0.15, -0.1) is 0 Å². The van der Waals surface area contributed by atoms with Gasteiger partial charge in [0.2, 0.25) is 0 Å². The minimum Gasteiger partial charge on any atom is -0.508 e. The molecule has 7 heteroatoms. The van der Waals surface area contributed by atoms with Crippen molar-refractivity contribution in [3.63, 3.8) is 0 Å². The Morgan fingerprint density at radius 1 is 1.35 bits per heavy atom. The fraction of sp³-hybridized carbons (Fsp3) is 0.154. The van der Waals surface area contributed by atoms with E-state index in [-0.39, 0.29) is 11.4 Å². The summed E-state index contributed by atoms with van der Waals surface area (Å²) in [6.07, 6.45) is 1.97. The highest BCUT2D eigenvalue weighted by atomic mass is 79.9. The van der Waals surface area contributed by atoms with E-state index in [0.717, 1.165) is 12.0 Å². The predicted octanol–water partition coefficient (Wildman–Crippen LogP) is 3.11. The van der Waals surface area contributed by atoms with Crippen LogP contribution >= 0.6 is 15.9 Å². The number of rotatable bonds is 5. The molecule has 0 saturated carbocycles. The first-order valence-electron chi connectivity index (χ1n) is 5.88. The Morgan fingerprint density at radius 2 is 2.05 bits per heavy atom. The molecule has 0 aliphatic rings. The summed E-state index contributed by atoms with van der Waals surface area (Å²) in [6.45, 7) is 0.633. The third kappa shape index (κ3) is 3.67. The minimum atomic E-state index is -0.488. The maximum atomic E-state index is 10.6. The summed E-state index contributed by atoms with van der Waals surface area (Å²) < 4.78 is 0.553. The van der Waals surface area contributed by atoms with Crippen molar-refractivity contribution in [3.8, 4) is 5.75 Å². The number of aromatic hydroxyl groups is 1. The standard InChI is InChI=1S/C13H12BrN3O3/c14-12-7-10(17(19)20)8-16-13(12)15-6-5-9-1-3-11(18)4-2-9/h1-4,7-8,18H,5-6H2,(H,15,16). The zero-order chi connectivity index (χ0) is 14.5. The molecule has 0 spiro atoms. The monoisotopic (exact) mass is 337 g/mol. The summed E-state index contributed by atoms with van der Waals surface area (Å²) in [7, 11) is 0. The first-order chi connectivity index (χ1) is 9.56. The molecule has 104 valence electrons. The van der Waals surface area contributed by atoms with Crippen LogP contribution < -0.4 is 5.32 Å². The molecule has 1 heterocycles. The highest BCUT2D eigenvalue weighted by molar-refractivity contribution is 9.10. The molecule has 0 atom stereocenters. The number of halogens is 1. The van der Waals surface area contributed by atoms with E-state index < -0.39 is 4.92 Å². The number of phenols is 1. The molecule has 0 fully saturated rings. The first kappa shape index (κ1) is 14.3. The van der Waals surface area contributed by atoms with Crippen LogP contribution in [0.15, 0.2) is 41.0 Å². The molecule has 2 aromatic rings. The van der Waals surface area contributed by atoms with Gasteiger partial charge in [-0.25, -0.2) is 4.98 Å². The summed E-state index contributed by atoms with van der Waals surface area (Å²) in [5.41, 5.74) is 1.02. The van der Waals surface area contributed by atoms with Crippen molar-refractivity contribution in [2.45, 2.75) is 6.42 Å². The summed E-state index contributed by atoms with van der Waals surface area (Å²) in [4.78, 5) is 14.1. The van der Waals surface area contributed by atoms with Gasteiger partial charge in [0.15, 0.2) is 0 Å². The van der Waals surface area contributed by atoms with E-state index in [0.29, 0.717) is 16.8 Å². The molecule has 0 radical (unpaired) electrons. The Hall–Kier alpha value is -2.15. The Bertz CT molecular complexity index is 617. The van der Waals surface area contributed by atoms with Gasteiger partial charge >= 0.3 is 0 Å². The second kappa shape index (κ2) is 6.33. The lowest BCUT2D eigenvalue weighted by molar-refractivity contribution is -0.385. The normalized spacial score (nSPS) is 10.2. The van der Waals surface area contributed by atoms with Crippen LogP contribution in [0.2, 0.25) is 0 Å². The molecular weight excluding hydrogens is 326 g/mol. The lowest BCUT2D eigenvalue weighted by Crippen LogP contribution is -2.07. The van der Waals surface area contributed by atoms with Crippen molar-refractivity contribution in [1.29, 1.82) is 0 Å². The van der Waals surface area contributed by atoms with Crippen molar-refractivity contribution in [3.05, 3.63) is 56.7 Å². The molecular formula is C13H12BrN3O3. The Morgan fingerprint density at radius 3 is 2.65 bits per heavy atom. The van der Waals surface area contributed by atoms with Crippen LogP contribution in [-0.4, -0.2) is 21.6 Å². The Kier molecular flexibility index (Phi) is 4.52. The highest BCUT2D eigenvalue weighted by Gasteiger charge is 2.10. The van der Waals surface area contributed by atoms with Gasteiger partial charge in [0.1, 0.15) is 17.8 Å². The van der Waals surface area contributed by atoms with Gasteiger partial charge in [0, 0.05) is 12.6 Å². The van der Waals surface area contributed by atoms with E-state index >= 15 is 0 Å². The van der Waals surface area contributed by atoms with Crippen LogP contribution in [0, 0.1) is 10.1 Å². The van der Waals surface area contributed by atoms with Crippen molar-refractivity contribution >= 4 is 27.4 Å². The van der Waals surface area contributed by atoms with Crippen LogP contribution in [-0.2, 0) is 6.42 Å². The number of anilines is 1. The predicted molar refractivity (Wildman–Crippen MR) is 78.9 cm³/mol. The van der Waals surface area contributed by atoms with E-state index in [1.807, 2.05) is 12.1 Å². The molecule has 0 unspecified atom stereocenters. The van der Waals surface area contributed by atoms with E-state index in [9.17, 15) is 15.2 Å². The van der Waals surface area contributed by atoms with E-state index in [1.165, 1.54) is 12.3 Å². The minimum absolute atomic E-state index is 0.0547. The van der Waals surface area contributed by atoms with Crippen LogP contribution in [0.4, 0.5) is 11.5 Å². The fourth-order valence-corrected chi connectivity index (χ4v) is 2.12. The van der Waals surface area contributed by atoms with E-state index in [4.69, 9.17) is 0 Å². The van der Waals surface area contributed by atoms with Gasteiger partial charge in [-0.1, -0.05) is 12.1 Å². The molecule has 2 N–H and O–H groups in total. The maximum absolute atomic E-state index is 10.6. The molecule has 0 saturated heterocycles. The zero-order valence-electron chi connectivity index (χ0n) is 10.4. The zero-order valence-corrected chi connectivity index (χ0v) is 12.0. The molecule has 0 bridgehead atoms. The number of nitro groups is 1. The summed E-state index contributed by atoms with van der Waals surface area (Å²) in [5.74, 6) is 0.802. The average molecular weight is 338 g/mol. The lowest BCUT2D eigenvalue weighted by atomic mass is 10.1. The van der Waals surface area contributed by atoms with Gasteiger partial charge in [0.05, 0.1) is 9.40 Å². The largest absolute Gasteiger partial charge is 0.508 e. The van der Waals surface area contributed by atoms with Crippen LogP contribution in [0.3, 0.4) is 0 Å². The number of nitrogens with zero attached hydrogens (tertiary/aromatic N) is 2. The topological polar surface area (TPSA) is 88.3 Å². The number of phenolic OH excluding ortho intramolecular Hbond substituents is 1. The smallest absolute Gasteiger partial charge is 0.288 e. The Labute approximate surface area is 123 Å². The number of nitrogens with one attached hydrogen (secondary N) is 1. The average Bonchev–Trinajstić information content (AvgIpc) is 2.42. The number of hydrogen-bond acceptors (Lipinski definition) is 5. The van der Waals surface area contributed by atoms with Gasteiger partial charge in [0.25, 0.3) is 5.69 Å². The quantitative estimate of drug-likeness (QED) is 0.646. The summed E-state index contributed by atoms with van der Waals surface area (Å²) in [6, 6.07) is 8.37. The second-order valence-corrected chi connectivity index (χ2v) is 4.98. The number of pyridine rings is 1. The van der Waals surface area contributed by atoms with Gasteiger partial charge in [-0.2, -0.15) is 0 Å². The summed E-state index contributed by atoms with van der Waals surface area (Å²) >= 11 is 3.25. The molecule has 1 aromatic heterocycles. The highest BCUT2D eigenvalue weighted by Crippen LogP contribution is 2.24. The number of hydrogen-bond donors (Lipinski definition) is 2. The van der Waals surface area contributed by atoms with Crippen molar-refractivity contribution < 1.29 is 10.0 Å². The molecule has 1 aromatic carbocycles. The van der Waals surface area contributed by atoms with Crippen LogP contribution in [0.25, 0.3) is 0 Å². The third-order valence-electron chi connectivity index (χ3n) is 2.68. The lowest BCUT2D eigenvalue weighted by Gasteiger charge is -2.07. The molecule has 20 heavy (non-hydrogen) atoms. The fourth-order valence-electron chi connectivity index (χ4n) is 1.65. The molecule has 0 aliphatic heterocycles. The number of aromatic nitrogens is 1. The second-order valence-electron chi connectivity index (χ2n) is 4.12. The molecule has 0 aliphatic carbocycles.